The van der Waals surface area contributed by atoms with Crippen molar-refractivity contribution in [2.75, 3.05) is 11.9 Å². The highest BCUT2D eigenvalue weighted by atomic mass is 16.5. The zero-order valence-electron chi connectivity index (χ0n) is 16.5. The van der Waals surface area contributed by atoms with Gasteiger partial charge in [-0.2, -0.15) is 0 Å². The van der Waals surface area contributed by atoms with E-state index in [0.717, 1.165) is 28.3 Å². The zero-order valence-corrected chi connectivity index (χ0v) is 16.5. The van der Waals surface area contributed by atoms with E-state index in [0.29, 0.717) is 0 Å². The minimum Gasteiger partial charge on any atom is -0.483 e. The molecule has 1 atom stereocenters. The van der Waals surface area contributed by atoms with Crippen molar-refractivity contribution < 1.29 is 9.53 Å². The number of para-hydroxylation sites is 4. The number of hydrogen-bond donors (Lipinski definition) is 0. The maximum atomic E-state index is 13.0. The number of carbonyl (C=O) groups excluding carboxylic acids is 1. The van der Waals surface area contributed by atoms with Gasteiger partial charge >= 0.3 is 0 Å². The molecule has 4 aromatic rings. The quantitative estimate of drug-likeness (QED) is 0.477. The Morgan fingerprint density at radius 1 is 0.966 bits per heavy atom. The molecule has 0 aliphatic rings. The third kappa shape index (κ3) is 3.99. The molecule has 1 amide bonds. The summed E-state index contributed by atoms with van der Waals surface area (Å²) >= 11 is 0. The standard InChI is InChI=1S/C24H23N3O2/c1-18(29-20-13-7-4-8-14-20)24-25-21-15-9-10-16-22(21)27(24)17-23(28)26(2)19-11-5-3-6-12-19/h3-16,18H,17H2,1-2H3. The van der Waals surface area contributed by atoms with Gasteiger partial charge < -0.3 is 14.2 Å². The van der Waals surface area contributed by atoms with Crippen LogP contribution in [0.5, 0.6) is 5.75 Å². The number of fused-ring (bicyclic) bond motifs is 1. The van der Waals surface area contributed by atoms with Crippen LogP contribution in [-0.2, 0) is 11.3 Å². The van der Waals surface area contributed by atoms with Gasteiger partial charge in [-0.15, -0.1) is 0 Å². The van der Waals surface area contributed by atoms with Crippen LogP contribution in [0.4, 0.5) is 5.69 Å². The number of anilines is 1. The van der Waals surface area contributed by atoms with Crippen LogP contribution in [0.3, 0.4) is 0 Å². The summed E-state index contributed by atoms with van der Waals surface area (Å²) < 4.78 is 8.04. The summed E-state index contributed by atoms with van der Waals surface area (Å²) in [4.78, 5) is 19.5. The molecule has 0 bridgehead atoms. The zero-order chi connectivity index (χ0) is 20.2. The Morgan fingerprint density at radius 3 is 2.31 bits per heavy atom. The molecule has 1 aromatic heterocycles. The molecule has 0 radical (unpaired) electrons. The molecule has 0 saturated carbocycles. The lowest BCUT2D eigenvalue weighted by atomic mass is 10.3. The van der Waals surface area contributed by atoms with Crippen LogP contribution >= 0.6 is 0 Å². The monoisotopic (exact) mass is 385 g/mol. The van der Waals surface area contributed by atoms with Crippen LogP contribution in [0.15, 0.2) is 84.9 Å². The van der Waals surface area contributed by atoms with Gasteiger partial charge in [-0.1, -0.05) is 48.5 Å². The number of nitrogens with zero attached hydrogens (tertiary/aromatic N) is 3. The van der Waals surface area contributed by atoms with Gasteiger partial charge in [0, 0.05) is 12.7 Å². The van der Waals surface area contributed by atoms with E-state index in [1.807, 2.05) is 96.4 Å². The minimum atomic E-state index is -0.306. The fraction of sp³-hybridized carbons (Fsp3) is 0.167. The van der Waals surface area contributed by atoms with Crippen LogP contribution in [0, 0.1) is 0 Å². The van der Waals surface area contributed by atoms with E-state index in [1.54, 1.807) is 11.9 Å². The fourth-order valence-corrected chi connectivity index (χ4v) is 3.36. The van der Waals surface area contributed by atoms with E-state index in [-0.39, 0.29) is 18.6 Å². The van der Waals surface area contributed by atoms with Crippen molar-refractivity contribution in [3.8, 4) is 5.75 Å². The van der Waals surface area contributed by atoms with Crippen molar-refractivity contribution >= 4 is 22.6 Å². The average Bonchev–Trinajstić information content (AvgIpc) is 3.13. The molecular formula is C24H23N3O2. The number of aromatic nitrogens is 2. The summed E-state index contributed by atoms with van der Waals surface area (Å²) in [7, 11) is 1.79. The van der Waals surface area contributed by atoms with Crippen LogP contribution < -0.4 is 9.64 Å². The van der Waals surface area contributed by atoms with Crippen molar-refractivity contribution in [1.82, 2.24) is 9.55 Å². The van der Waals surface area contributed by atoms with Gasteiger partial charge in [0.1, 0.15) is 12.3 Å². The third-order valence-corrected chi connectivity index (χ3v) is 4.91. The minimum absolute atomic E-state index is 0.0208. The third-order valence-electron chi connectivity index (χ3n) is 4.91. The molecule has 29 heavy (non-hydrogen) atoms. The first-order chi connectivity index (χ1) is 14.1. The number of benzene rings is 3. The van der Waals surface area contributed by atoms with Crippen LogP contribution in [0.2, 0.25) is 0 Å². The van der Waals surface area contributed by atoms with Crippen molar-refractivity contribution in [1.29, 1.82) is 0 Å². The second-order valence-corrected chi connectivity index (χ2v) is 6.91. The summed E-state index contributed by atoms with van der Waals surface area (Å²) in [5.41, 5.74) is 2.62. The Morgan fingerprint density at radius 2 is 1.59 bits per heavy atom. The Hall–Kier alpha value is -3.60. The first-order valence-corrected chi connectivity index (χ1v) is 9.62. The van der Waals surface area contributed by atoms with Crippen molar-refractivity contribution in [2.24, 2.45) is 0 Å². The van der Waals surface area contributed by atoms with Gasteiger partial charge in [0.15, 0.2) is 11.9 Å². The Labute approximate surface area is 170 Å². The van der Waals surface area contributed by atoms with Gasteiger partial charge in [-0.05, 0) is 43.3 Å². The SMILES string of the molecule is CC(Oc1ccccc1)c1nc2ccccc2n1CC(=O)N(C)c1ccccc1. The van der Waals surface area contributed by atoms with E-state index in [2.05, 4.69) is 0 Å². The number of carbonyl (C=O) groups is 1. The molecule has 1 heterocycles. The molecule has 3 aromatic carbocycles. The predicted molar refractivity (Wildman–Crippen MR) is 115 cm³/mol. The average molecular weight is 385 g/mol. The molecular weight excluding hydrogens is 362 g/mol. The second-order valence-electron chi connectivity index (χ2n) is 6.91. The fourth-order valence-electron chi connectivity index (χ4n) is 3.36. The van der Waals surface area contributed by atoms with E-state index < -0.39 is 0 Å². The summed E-state index contributed by atoms with van der Waals surface area (Å²) in [5.74, 6) is 1.48. The Balaban J connectivity index is 1.65. The highest BCUT2D eigenvalue weighted by Gasteiger charge is 2.21. The summed E-state index contributed by atoms with van der Waals surface area (Å²) in [6, 6.07) is 27.1. The van der Waals surface area contributed by atoms with Crippen LogP contribution in [-0.4, -0.2) is 22.5 Å². The molecule has 0 N–H and O–H groups in total. The predicted octanol–water partition coefficient (Wildman–Crippen LogP) is 4.84. The van der Waals surface area contributed by atoms with Gasteiger partial charge in [-0.25, -0.2) is 4.98 Å². The lowest BCUT2D eigenvalue weighted by Gasteiger charge is -2.20. The molecule has 0 fully saturated rings. The molecule has 1 unspecified atom stereocenters. The highest BCUT2D eigenvalue weighted by molar-refractivity contribution is 5.93. The van der Waals surface area contributed by atoms with Gasteiger partial charge in [-0.3, -0.25) is 4.79 Å². The topological polar surface area (TPSA) is 47.4 Å². The molecule has 4 rings (SSSR count). The maximum absolute atomic E-state index is 13.0. The van der Waals surface area contributed by atoms with Crippen molar-refractivity contribution in [3.05, 3.63) is 90.8 Å². The Bertz CT molecular complexity index is 1110. The molecule has 146 valence electrons. The summed E-state index contributed by atoms with van der Waals surface area (Å²) in [6.45, 7) is 2.14. The second kappa shape index (κ2) is 8.19. The normalized spacial score (nSPS) is 11.9. The summed E-state index contributed by atoms with van der Waals surface area (Å²) in [6.07, 6.45) is -0.306. The lowest BCUT2D eigenvalue weighted by molar-refractivity contribution is -0.118. The van der Waals surface area contributed by atoms with Crippen LogP contribution in [0.1, 0.15) is 18.9 Å². The molecule has 5 nitrogen and oxygen atoms in total. The maximum Gasteiger partial charge on any atom is 0.246 e. The number of rotatable bonds is 6. The Kier molecular flexibility index (Phi) is 5.29. The number of amides is 1. The van der Waals surface area contributed by atoms with E-state index in [1.165, 1.54) is 0 Å². The van der Waals surface area contributed by atoms with Crippen molar-refractivity contribution in [2.45, 2.75) is 19.6 Å². The lowest BCUT2D eigenvalue weighted by Crippen LogP contribution is -2.31. The van der Waals surface area contributed by atoms with E-state index >= 15 is 0 Å². The van der Waals surface area contributed by atoms with E-state index in [4.69, 9.17) is 9.72 Å². The van der Waals surface area contributed by atoms with Gasteiger partial charge in [0.2, 0.25) is 5.91 Å². The van der Waals surface area contributed by atoms with Crippen LogP contribution in [0.25, 0.3) is 11.0 Å². The smallest absolute Gasteiger partial charge is 0.246 e. The number of likely N-dealkylation sites (N-methyl/N-ethyl adjacent to an activating group) is 1. The first kappa shape index (κ1) is 18.7. The molecule has 5 heteroatoms. The highest BCUT2D eigenvalue weighted by Crippen LogP contribution is 2.25. The van der Waals surface area contributed by atoms with Crippen molar-refractivity contribution in [3.63, 3.8) is 0 Å². The molecule has 0 aliphatic carbocycles. The summed E-state index contributed by atoms with van der Waals surface area (Å²) in [5, 5.41) is 0. The molecule has 0 spiro atoms. The molecule has 0 saturated heterocycles. The number of hydrogen-bond acceptors (Lipinski definition) is 3. The largest absolute Gasteiger partial charge is 0.483 e. The van der Waals surface area contributed by atoms with Gasteiger partial charge in [0.25, 0.3) is 0 Å². The first-order valence-electron chi connectivity index (χ1n) is 9.62. The molecule has 0 aliphatic heterocycles. The van der Waals surface area contributed by atoms with Gasteiger partial charge in [0.05, 0.1) is 11.0 Å². The number of imidazole rings is 1. The number of ether oxygens (including phenoxy) is 1. The van der Waals surface area contributed by atoms with E-state index in [9.17, 15) is 4.79 Å².